The van der Waals surface area contributed by atoms with E-state index in [0.29, 0.717) is 0 Å². The molecular weight excluding hydrogens is 287 g/mol. The van der Waals surface area contributed by atoms with Gasteiger partial charge >= 0.3 is 41.5 Å². The largest absolute Gasteiger partial charge is 1.00 e. The first kappa shape index (κ1) is 18.1. The molecule has 0 unspecified atom stereocenters. The van der Waals surface area contributed by atoms with Crippen molar-refractivity contribution in [1.29, 1.82) is 0 Å². The second kappa shape index (κ2) is 7.01. The molecule has 0 atom stereocenters. The molecule has 0 fully saturated rings. The molecule has 0 radical (unpaired) electrons. The van der Waals surface area contributed by atoms with Crippen LogP contribution in [-0.4, -0.2) is 39.1 Å². The van der Waals surface area contributed by atoms with Crippen molar-refractivity contribution in [2.24, 2.45) is 0 Å². The Bertz CT molecular complexity index is 600. The molecule has 1 rings (SSSR count). The zero-order valence-corrected chi connectivity index (χ0v) is 13.4. The third kappa shape index (κ3) is 4.02. The van der Waals surface area contributed by atoms with Crippen LogP contribution in [0.5, 0.6) is 0 Å². The third-order valence-corrected chi connectivity index (χ3v) is 2.99. The zero-order chi connectivity index (χ0) is 13.9. The number of methoxy groups -OCH3 is 2. The Morgan fingerprint density at radius 2 is 1.68 bits per heavy atom. The van der Waals surface area contributed by atoms with Gasteiger partial charge in [-0.2, -0.15) is 8.42 Å². The molecule has 0 saturated carbocycles. The summed E-state index contributed by atoms with van der Waals surface area (Å²) >= 11 is 0. The van der Waals surface area contributed by atoms with Gasteiger partial charge < -0.3 is 10.9 Å². The van der Waals surface area contributed by atoms with E-state index in [1.54, 1.807) is 0 Å². The van der Waals surface area contributed by atoms with Gasteiger partial charge in [0.05, 0.1) is 25.3 Å². The molecule has 0 aliphatic heterocycles. The number of ether oxygens (including phenoxy) is 2. The average molecular weight is 298 g/mol. The normalized spacial score (nSPS) is 10.3. The number of carbonyl (C=O) groups excluding carboxylic acids is 2. The van der Waals surface area contributed by atoms with Crippen LogP contribution < -0.4 is 29.6 Å². The van der Waals surface area contributed by atoms with Crippen molar-refractivity contribution < 1.29 is 63.0 Å². The van der Waals surface area contributed by atoms with E-state index in [0.717, 1.165) is 20.3 Å². The Labute approximate surface area is 133 Å². The summed E-state index contributed by atoms with van der Waals surface area (Å²) in [5, 5.41) is 0. The maximum atomic E-state index is 11.5. The summed E-state index contributed by atoms with van der Waals surface area (Å²) in [5.74, 6) is -1.98. The van der Waals surface area contributed by atoms with Crippen molar-refractivity contribution in [3.8, 4) is 0 Å². The van der Waals surface area contributed by atoms with Crippen LogP contribution in [0.15, 0.2) is 23.1 Å². The average Bonchev–Trinajstić information content (AvgIpc) is 2.34. The molecule has 0 aliphatic carbocycles. The van der Waals surface area contributed by atoms with Crippen LogP contribution in [0, 0.1) is 0 Å². The Balaban J connectivity index is 0. The van der Waals surface area contributed by atoms with Crippen LogP contribution in [0.4, 0.5) is 0 Å². The number of benzene rings is 1. The van der Waals surface area contributed by atoms with Gasteiger partial charge in [0.1, 0.15) is 4.90 Å². The number of esters is 2. The van der Waals surface area contributed by atoms with E-state index in [-0.39, 0.29) is 36.5 Å². The van der Waals surface area contributed by atoms with Crippen LogP contribution in [0.3, 0.4) is 0 Å². The van der Waals surface area contributed by atoms with E-state index in [2.05, 4.69) is 9.47 Å². The van der Waals surface area contributed by atoms with E-state index >= 15 is 0 Å². The van der Waals surface area contributed by atoms with E-state index < -0.39 is 32.5 Å². The SMILES string of the molecule is COC(=O)c1cccc(S(=O)(=O)O)c1C(=O)OC.[H-].[Na+]. The first-order valence-corrected chi connectivity index (χ1v) is 6.04. The predicted octanol–water partition coefficient (Wildman–Crippen LogP) is -2.38. The minimum absolute atomic E-state index is 0. The molecule has 0 saturated heterocycles. The topological polar surface area (TPSA) is 107 Å². The molecule has 1 aromatic rings. The van der Waals surface area contributed by atoms with Gasteiger partial charge in [-0.1, -0.05) is 6.07 Å². The molecule has 1 aromatic carbocycles. The molecule has 9 heteroatoms. The molecule has 1 N–H and O–H groups in total. The van der Waals surface area contributed by atoms with Crippen LogP contribution >= 0.6 is 0 Å². The number of hydrogen-bond donors (Lipinski definition) is 1. The standard InChI is InChI=1S/C10H10O7S.Na.H/c1-16-9(11)6-4-3-5-7(18(13,14)15)8(6)10(12)17-2;;/h3-5H,1-2H3,(H,13,14,15);;/q;+1;-1. The summed E-state index contributed by atoms with van der Waals surface area (Å²) < 4.78 is 40.1. The van der Waals surface area contributed by atoms with Crippen LogP contribution in [0.1, 0.15) is 22.1 Å². The second-order valence-electron chi connectivity index (χ2n) is 3.14. The Morgan fingerprint density at radius 3 is 2.11 bits per heavy atom. The van der Waals surface area contributed by atoms with Gasteiger partial charge in [0.2, 0.25) is 0 Å². The minimum Gasteiger partial charge on any atom is -1.00 e. The quantitative estimate of drug-likeness (QED) is 0.377. The summed E-state index contributed by atoms with van der Waals surface area (Å²) in [4.78, 5) is 22.2. The van der Waals surface area contributed by atoms with Crippen LogP contribution in [-0.2, 0) is 19.6 Å². The third-order valence-electron chi connectivity index (χ3n) is 2.10. The van der Waals surface area contributed by atoms with Gasteiger partial charge in [-0.3, -0.25) is 4.55 Å². The van der Waals surface area contributed by atoms with Gasteiger partial charge in [0.25, 0.3) is 10.1 Å². The smallest absolute Gasteiger partial charge is 1.00 e. The summed E-state index contributed by atoms with van der Waals surface area (Å²) in [5.41, 5.74) is -0.867. The van der Waals surface area contributed by atoms with Crippen molar-refractivity contribution in [3.05, 3.63) is 29.3 Å². The minimum atomic E-state index is -4.66. The molecule has 100 valence electrons. The summed E-state index contributed by atoms with van der Waals surface area (Å²) in [6, 6.07) is 3.36. The molecule has 0 bridgehead atoms. The Hall–Kier alpha value is -0.930. The molecule has 7 nitrogen and oxygen atoms in total. The van der Waals surface area contributed by atoms with Crippen molar-refractivity contribution in [3.63, 3.8) is 0 Å². The summed E-state index contributed by atoms with van der Waals surface area (Å²) in [7, 11) is -2.57. The van der Waals surface area contributed by atoms with Crippen molar-refractivity contribution in [2.75, 3.05) is 14.2 Å². The fourth-order valence-electron chi connectivity index (χ4n) is 1.34. The van der Waals surface area contributed by atoms with Gasteiger partial charge in [-0.05, 0) is 12.1 Å². The molecule has 0 spiro atoms. The molecule has 19 heavy (non-hydrogen) atoms. The fourth-order valence-corrected chi connectivity index (χ4v) is 2.04. The molecule has 0 amide bonds. The van der Waals surface area contributed by atoms with E-state index in [1.807, 2.05) is 0 Å². The number of rotatable bonds is 3. The number of carbonyl (C=O) groups is 2. The Morgan fingerprint density at radius 1 is 1.16 bits per heavy atom. The molecule has 0 heterocycles. The van der Waals surface area contributed by atoms with Crippen LogP contribution in [0.25, 0.3) is 0 Å². The second-order valence-corrected chi connectivity index (χ2v) is 4.53. The summed E-state index contributed by atoms with van der Waals surface area (Å²) in [6.45, 7) is 0. The Kier molecular flexibility index (Phi) is 6.67. The molecule has 0 aliphatic rings. The van der Waals surface area contributed by atoms with Gasteiger partial charge in [0.15, 0.2) is 0 Å². The maximum absolute atomic E-state index is 11.5. The van der Waals surface area contributed by atoms with Crippen LogP contribution in [0.2, 0.25) is 0 Å². The van der Waals surface area contributed by atoms with Gasteiger partial charge in [0, 0.05) is 0 Å². The van der Waals surface area contributed by atoms with E-state index in [1.165, 1.54) is 12.1 Å². The first-order valence-electron chi connectivity index (χ1n) is 4.60. The first-order chi connectivity index (χ1) is 8.32. The monoisotopic (exact) mass is 298 g/mol. The van der Waals surface area contributed by atoms with Gasteiger partial charge in [-0.15, -0.1) is 0 Å². The molecule has 0 aromatic heterocycles. The zero-order valence-electron chi connectivity index (χ0n) is 11.5. The summed E-state index contributed by atoms with van der Waals surface area (Å²) in [6.07, 6.45) is 0. The maximum Gasteiger partial charge on any atom is 1.00 e. The van der Waals surface area contributed by atoms with Crippen molar-refractivity contribution >= 4 is 22.1 Å². The van der Waals surface area contributed by atoms with Crippen molar-refractivity contribution in [1.82, 2.24) is 0 Å². The fraction of sp³-hybridized carbons (Fsp3) is 0.200. The van der Waals surface area contributed by atoms with E-state index in [9.17, 15) is 18.0 Å². The van der Waals surface area contributed by atoms with Gasteiger partial charge in [-0.25, -0.2) is 9.59 Å². The predicted molar refractivity (Wildman–Crippen MR) is 60.0 cm³/mol. The van der Waals surface area contributed by atoms with E-state index in [4.69, 9.17) is 4.55 Å². The van der Waals surface area contributed by atoms with Crippen molar-refractivity contribution in [2.45, 2.75) is 4.90 Å². The molecular formula is C10H11NaO7S. The number of hydrogen-bond acceptors (Lipinski definition) is 6.